The Hall–Kier alpha value is -2.06. The molecule has 0 radical (unpaired) electrons. The number of carbonyl (C=O) groups is 1. The van der Waals surface area contributed by atoms with E-state index in [1.54, 1.807) is 0 Å². The molecular weight excluding hydrogens is 294 g/mol. The van der Waals surface area contributed by atoms with Crippen molar-refractivity contribution in [3.05, 3.63) is 76.5 Å². The number of Topliss-reactive ketones (excluding diaryl/α,β-unsaturated/α-hetero) is 1. The molecule has 3 rings (SSSR count). The Morgan fingerprint density at radius 2 is 1.73 bits per heavy atom. The zero-order valence-electron chi connectivity index (χ0n) is 12.5. The van der Waals surface area contributed by atoms with E-state index in [0.717, 1.165) is 16.9 Å². The third-order valence-electron chi connectivity index (χ3n) is 3.89. The second kappa shape index (κ2) is 6.37. The summed E-state index contributed by atoms with van der Waals surface area (Å²) in [5, 5.41) is 4.08. The Kier molecular flexibility index (Phi) is 4.30. The summed E-state index contributed by atoms with van der Waals surface area (Å²) >= 11 is 5.93. The number of nitrogens with one attached hydrogen (secondary N) is 1. The van der Waals surface area contributed by atoms with Crippen LogP contribution in [0.1, 0.15) is 29.9 Å². The van der Waals surface area contributed by atoms with E-state index >= 15 is 0 Å². The fourth-order valence-electron chi connectivity index (χ4n) is 2.72. The van der Waals surface area contributed by atoms with E-state index in [-0.39, 0.29) is 11.7 Å². The van der Waals surface area contributed by atoms with Gasteiger partial charge in [0.1, 0.15) is 5.78 Å². The average molecular weight is 312 g/mol. The molecule has 3 heteroatoms. The molecule has 0 bridgehead atoms. The summed E-state index contributed by atoms with van der Waals surface area (Å²) in [6.45, 7) is 2.06. The Morgan fingerprint density at radius 1 is 1.05 bits per heavy atom. The first-order chi connectivity index (χ1) is 10.6. The summed E-state index contributed by atoms with van der Waals surface area (Å²) in [4.78, 5) is 12.1. The highest BCUT2D eigenvalue weighted by Crippen LogP contribution is 2.30. The second-order valence-electron chi connectivity index (χ2n) is 5.76. The van der Waals surface area contributed by atoms with E-state index in [4.69, 9.17) is 11.6 Å². The van der Waals surface area contributed by atoms with Crippen LogP contribution in [0.25, 0.3) is 0 Å². The first-order valence-electron chi connectivity index (χ1n) is 7.42. The van der Waals surface area contributed by atoms with Gasteiger partial charge in [0.05, 0.1) is 0 Å². The lowest BCUT2D eigenvalue weighted by molar-refractivity contribution is -0.118. The van der Waals surface area contributed by atoms with Crippen molar-refractivity contribution >= 4 is 23.1 Å². The number of anilines is 1. The first-order valence-corrected chi connectivity index (χ1v) is 7.79. The van der Waals surface area contributed by atoms with E-state index in [0.29, 0.717) is 17.9 Å². The number of aryl methyl sites for hydroxylation is 1. The first kappa shape index (κ1) is 14.9. The number of halogens is 1. The van der Waals surface area contributed by atoms with Crippen LogP contribution in [0.15, 0.2) is 60.3 Å². The summed E-state index contributed by atoms with van der Waals surface area (Å²) in [7, 11) is 0. The van der Waals surface area contributed by atoms with Crippen molar-refractivity contribution in [3.63, 3.8) is 0 Å². The minimum atomic E-state index is 0.117. The molecule has 0 aliphatic heterocycles. The van der Waals surface area contributed by atoms with Crippen molar-refractivity contribution in [1.82, 2.24) is 0 Å². The molecule has 0 amide bonds. The lowest BCUT2D eigenvalue weighted by atomic mass is 9.87. The van der Waals surface area contributed by atoms with Gasteiger partial charge in [0.15, 0.2) is 0 Å². The van der Waals surface area contributed by atoms with Gasteiger partial charge in [-0.1, -0.05) is 47.5 Å². The maximum Gasteiger partial charge on any atom is 0.139 e. The van der Waals surface area contributed by atoms with Crippen molar-refractivity contribution in [2.75, 3.05) is 5.32 Å². The number of hydrogen-bond donors (Lipinski definition) is 1. The maximum absolute atomic E-state index is 12.1. The number of rotatable bonds is 3. The molecule has 0 aromatic heterocycles. The number of ketones is 1. The molecular formula is C19H18ClNO. The molecule has 2 nitrogen and oxygen atoms in total. The molecule has 1 N–H and O–H groups in total. The molecule has 0 fully saturated rings. The lowest BCUT2D eigenvalue weighted by Crippen LogP contribution is -2.16. The minimum absolute atomic E-state index is 0.117. The number of carbonyl (C=O) groups excluding carboxylic acids is 1. The van der Waals surface area contributed by atoms with Crippen LogP contribution in [-0.4, -0.2) is 5.78 Å². The highest BCUT2D eigenvalue weighted by molar-refractivity contribution is 6.30. The molecule has 1 atom stereocenters. The number of hydrogen-bond acceptors (Lipinski definition) is 2. The molecule has 1 aliphatic rings. The minimum Gasteiger partial charge on any atom is -0.359 e. The molecule has 2 aromatic carbocycles. The second-order valence-corrected chi connectivity index (χ2v) is 6.20. The third-order valence-corrected chi connectivity index (χ3v) is 4.14. The van der Waals surface area contributed by atoms with E-state index in [9.17, 15) is 4.79 Å². The van der Waals surface area contributed by atoms with Gasteiger partial charge in [-0.15, -0.1) is 0 Å². The van der Waals surface area contributed by atoms with Crippen LogP contribution in [0, 0.1) is 6.92 Å². The van der Waals surface area contributed by atoms with E-state index < -0.39 is 0 Å². The average Bonchev–Trinajstić information content (AvgIpc) is 2.50. The topological polar surface area (TPSA) is 29.1 Å². The molecule has 0 spiro atoms. The summed E-state index contributed by atoms with van der Waals surface area (Å²) in [5.41, 5.74) is 4.33. The van der Waals surface area contributed by atoms with Crippen molar-refractivity contribution < 1.29 is 4.79 Å². The van der Waals surface area contributed by atoms with Gasteiger partial charge in [-0.2, -0.15) is 0 Å². The van der Waals surface area contributed by atoms with Gasteiger partial charge in [0.2, 0.25) is 0 Å². The standard InChI is InChI=1S/C19H18ClNO/c1-13-2-8-17(9-3-13)21-18-10-15(11-19(22)12-18)14-4-6-16(20)7-5-14/h2-10,15,21H,11-12H2,1H3. The zero-order chi connectivity index (χ0) is 15.5. The van der Waals surface area contributed by atoms with Crippen LogP contribution in [0.4, 0.5) is 5.69 Å². The highest BCUT2D eigenvalue weighted by atomic mass is 35.5. The summed E-state index contributed by atoms with van der Waals surface area (Å²) < 4.78 is 0. The summed E-state index contributed by atoms with van der Waals surface area (Å²) in [5.74, 6) is 0.378. The summed E-state index contributed by atoms with van der Waals surface area (Å²) in [6.07, 6.45) is 3.18. The van der Waals surface area contributed by atoms with Gasteiger partial charge in [0.25, 0.3) is 0 Å². The normalized spacial score (nSPS) is 18.0. The third kappa shape index (κ3) is 3.58. The molecule has 1 unspecified atom stereocenters. The van der Waals surface area contributed by atoms with E-state index in [1.807, 2.05) is 36.4 Å². The van der Waals surface area contributed by atoms with Crippen molar-refractivity contribution in [3.8, 4) is 0 Å². The molecule has 22 heavy (non-hydrogen) atoms. The molecule has 2 aromatic rings. The molecule has 0 heterocycles. The summed E-state index contributed by atoms with van der Waals surface area (Å²) in [6, 6.07) is 15.9. The maximum atomic E-state index is 12.1. The van der Waals surface area contributed by atoms with Gasteiger partial charge in [-0.25, -0.2) is 0 Å². The Bertz CT molecular complexity index is 701. The monoisotopic (exact) mass is 311 g/mol. The van der Waals surface area contributed by atoms with Crippen molar-refractivity contribution in [2.24, 2.45) is 0 Å². The van der Waals surface area contributed by atoms with Crippen LogP contribution in [-0.2, 0) is 4.79 Å². The fourth-order valence-corrected chi connectivity index (χ4v) is 2.85. The SMILES string of the molecule is Cc1ccc(NC2=CC(c3ccc(Cl)cc3)CC(=O)C2)cc1. The van der Waals surface area contributed by atoms with Crippen molar-refractivity contribution in [1.29, 1.82) is 0 Å². The Morgan fingerprint density at radius 3 is 2.41 bits per heavy atom. The molecule has 0 saturated heterocycles. The highest BCUT2D eigenvalue weighted by Gasteiger charge is 2.21. The van der Waals surface area contributed by atoms with E-state index in [2.05, 4.69) is 30.4 Å². The zero-order valence-corrected chi connectivity index (χ0v) is 13.2. The number of allylic oxidation sites excluding steroid dienone is 2. The predicted octanol–water partition coefficient (Wildman–Crippen LogP) is 5.09. The largest absolute Gasteiger partial charge is 0.359 e. The van der Waals surface area contributed by atoms with Crippen LogP contribution >= 0.6 is 11.6 Å². The molecule has 112 valence electrons. The van der Waals surface area contributed by atoms with Crippen LogP contribution < -0.4 is 5.32 Å². The lowest BCUT2D eigenvalue weighted by Gasteiger charge is -2.22. The molecule has 1 aliphatic carbocycles. The van der Waals surface area contributed by atoms with Crippen LogP contribution in [0.2, 0.25) is 5.02 Å². The van der Waals surface area contributed by atoms with Crippen LogP contribution in [0.3, 0.4) is 0 Å². The van der Waals surface area contributed by atoms with Crippen LogP contribution in [0.5, 0.6) is 0 Å². The number of benzene rings is 2. The van der Waals surface area contributed by atoms with Gasteiger partial charge < -0.3 is 5.32 Å². The quantitative estimate of drug-likeness (QED) is 0.855. The van der Waals surface area contributed by atoms with Gasteiger partial charge >= 0.3 is 0 Å². The fraction of sp³-hybridized carbons (Fsp3) is 0.211. The van der Waals surface area contributed by atoms with Gasteiger partial charge in [-0.05, 0) is 36.8 Å². The Balaban J connectivity index is 1.82. The van der Waals surface area contributed by atoms with E-state index in [1.165, 1.54) is 5.56 Å². The predicted molar refractivity (Wildman–Crippen MR) is 91.3 cm³/mol. The van der Waals surface area contributed by atoms with Gasteiger partial charge in [0, 0.05) is 35.2 Å². The van der Waals surface area contributed by atoms with Crippen molar-refractivity contribution in [2.45, 2.75) is 25.7 Å². The Labute approximate surface area is 135 Å². The molecule has 0 saturated carbocycles. The smallest absolute Gasteiger partial charge is 0.139 e. The van der Waals surface area contributed by atoms with Gasteiger partial charge in [-0.3, -0.25) is 4.79 Å².